The van der Waals surface area contributed by atoms with Crippen LogP contribution in [0.4, 0.5) is 5.69 Å². The number of rotatable bonds is 4. The Kier molecular flexibility index (Phi) is 4.38. The first kappa shape index (κ1) is 15.0. The third-order valence-electron chi connectivity index (χ3n) is 4.27. The molecule has 1 aliphatic rings. The molecule has 118 valence electrons. The second kappa shape index (κ2) is 6.44. The molecule has 0 bridgehead atoms. The highest BCUT2D eigenvalue weighted by Crippen LogP contribution is 2.28. The number of hydrogen-bond acceptors (Lipinski definition) is 5. The monoisotopic (exact) mass is 300 g/mol. The lowest BCUT2D eigenvalue weighted by Crippen LogP contribution is -2.35. The van der Waals surface area contributed by atoms with Gasteiger partial charge in [-0.05, 0) is 39.1 Å². The van der Waals surface area contributed by atoms with Gasteiger partial charge in [0.1, 0.15) is 11.6 Å². The van der Waals surface area contributed by atoms with Crippen LogP contribution in [0.3, 0.4) is 0 Å². The molecular formula is C16H24N6. The fourth-order valence-electron chi connectivity index (χ4n) is 3.13. The van der Waals surface area contributed by atoms with Gasteiger partial charge in [0.15, 0.2) is 0 Å². The van der Waals surface area contributed by atoms with Crippen LogP contribution in [-0.4, -0.2) is 51.8 Å². The summed E-state index contributed by atoms with van der Waals surface area (Å²) in [6, 6.07) is 4.16. The van der Waals surface area contributed by atoms with Gasteiger partial charge in [0, 0.05) is 44.1 Å². The van der Waals surface area contributed by atoms with E-state index in [4.69, 9.17) is 0 Å². The summed E-state index contributed by atoms with van der Waals surface area (Å²) in [5, 5.41) is 8.84. The van der Waals surface area contributed by atoms with E-state index in [2.05, 4.69) is 62.8 Å². The lowest BCUT2D eigenvalue weighted by atomic mass is 9.96. The summed E-state index contributed by atoms with van der Waals surface area (Å²) in [4.78, 5) is 8.65. The van der Waals surface area contributed by atoms with Gasteiger partial charge in [0.2, 0.25) is 0 Å². The topological polar surface area (TPSA) is 50.1 Å². The first-order valence-corrected chi connectivity index (χ1v) is 7.83. The molecule has 1 atom stereocenters. The SMILES string of the molecule is CN(C)Cc1nnc([C@@H]2CCCN(c3ccncc3)C2)n1C. The average molecular weight is 300 g/mol. The van der Waals surface area contributed by atoms with Crippen LogP contribution in [0.5, 0.6) is 0 Å². The zero-order valence-electron chi connectivity index (χ0n) is 13.6. The van der Waals surface area contributed by atoms with E-state index in [0.717, 1.165) is 31.3 Å². The van der Waals surface area contributed by atoms with Gasteiger partial charge in [-0.15, -0.1) is 10.2 Å². The number of anilines is 1. The molecule has 0 unspecified atom stereocenters. The summed E-state index contributed by atoms with van der Waals surface area (Å²) in [6.45, 7) is 2.92. The van der Waals surface area contributed by atoms with Crippen molar-refractivity contribution >= 4 is 5.69 Å². The van der Waals surface area contributed by atoms with Gasteiger partial charge < -0.3 is 14.4 Å². The van der Waals surface area contributed by atoms with Gasteiger partial charge in [-0.3, -0.25) is 4.98 Å². The molecule has 1 saturated heterocycles. The normalized spacial score (nSPS) is 18.9. The summed E-state index contributed by atoms with van der Waals surface area (Å²) in [7, 11) is 6.19. The molecule has 0 radical (unpaired) electrons. The number of aromatic nitrogens is 4. The Balaban J connectivity index is 1.76. The largest absolute Gasteiger partial charge is 0.371 e. The van der Waals surface area contributed by atoms with Crippen LogP contribution in [0, 0.1) is 0 Å². The van der Waals surface area contributed by atoms with Crippen LogP contribution in [0.1, 0.15) is 30.4 Å². The fourth-order valence-corrected chi connectivity index (χ4v) is 3.13. The summed E-state index contributed by atoms with van der Waals surface area (Å²) in [6.07, 6.45) is 6.07. The molecule has 1 fully saturated rings. The predicted octanol–water partition coefficient (Wildman–Crippen LogP) is 1.66. The third-order valence-corrected chi connectivity index (χ3v) is 4.27. The van der Waals surface area contributed by atoms with Crippen LogP contribution in [0.15, 0.2) is 24.5 Å². The maximum atomic E-state index is 4.47. The third kappa shape index (κ3) is 3.11. The molecule has 0 aromatic carbocycles. The maximum Gasteiger partial charge on any atom is 0.146 e. The van der Waals surface area contributed by atoms with Gasteiger partial charge in [-0.25, -0.2) is 0 Å². The highest BCUT2D eigenvalue weighted by molar-refractivity contribution is 5.45. The fraction of sp³-hybridized carbons (Fsp3) is 0.562. The second-order valence-corrected chi connectivity index (χ2v) is 6.26. The Hall–Kier alpha value is -1.95. The van der Waals surface area contributed by atoms with Gasteiger partial charge in [-0.2, -0.15) is 0 Å². The van der Waals surface area contributed by atoms with Gasteiger partial charge in [0.25, 0.3) is 0 Å². The molecular weight excluding hydrogens is 276 g/mol. The van der Waals surface area contributed by atoms with Crippen molar-refractivity contribution in [3.63, 3.8) is 0 Å². The molecule has 1 aliphatic heterocycles. The smallest absolute Gasteiger partial charge is 0.146 e. The minimum absolute atomic E-state index is 0.440. The molecule has 6 heteroatoms. The standard InChI is InChI=1S/C16H24N6/c1-20(2)12-15-18-19-16(21(15)3)13-5-4-10-22(11-13)14-6-8-17-9-7-14/h6-9,13H,4-5,10-12H2,1-3H3/t13-/m1/s1. The van der Waals surface area contributed by atoms with Crippen molar-refractivity contribution in [3.8, 4) is 0 Å². The van der Waals surface area contributed by atoms with Crippen molar-refractivity contribution in [2.45, 2.75) is 25.3 Å². The van der Waals surface area contributed by atoms with Gasteiger partial charge in [0.05, 0.1) is 6.54 Å². The van der Waals surface area contributed by atoms with Crippen molar-refractivity contribution < 1.29 is 0 Å². The molecule has 2 aromatic rings. The van der Waals surface area contributed by atoms with Crippen LogP contribution in [-0.2, 0) is 13.6 Å². The van der Waals surface area contributed by atoms with E-state index in [1.54, 1.807) is 0 Å². The van der Waals surface area contributed by atoms with Crippen molar-refractivity contribution in [1.82, 2.24) is 24.6 Å². The molecule has 0 aliphatic carbocycles. The second-order valence-electron chi connectivity index (χ2n) is 6.26. The number of nitrogens with zero attached hydrogens (tertiary/aromatic N) is 6. The number of piperidine rings is 1. The van der Waals surface area contributed by atoms with Gasteiger partial charge >= 0.3 is 0 Å². The highest BCUT2D eigenvalue weighted by Gasteiger charge is 2.26. The summed E-state index contributed by atoms with van der Waals surface area (Å²) in [5.41, 5.74) is 1.25. The lowest BCUT2D eigenvalue weighted by molar-refractivity contribution is 0.382. The zero-order valence-corrected chi connectivity index (χ0v) is 13.6. The Morgan fingerprint density at radius 3 is 2.73 bits per heavy atom. The predicted molar refractivity (Wildman–Crippen MR) is 86.8 cm³/mol. The average Bonchev–Trinajstić information content (AvgIpc) is 2.89. The molecule has 0 saturated carbocycles. The van der Waals surface area contributed by atoms with Crippen LogP contribution in [0.2, 0.25) is 0 Å². The number of pyridine rings is 1. The van der Waals surface area contributed by atoms with Crippen LogP contribution >= 0.6 is 0 Å². The van der Waals surface area contributed by atoms with E-state index < -0.39 is 0 Å². The minimum Gasteiger partial charge on any atom is -0.371 e. The van der Waals surface area contributed by atoms with Crippen molar-refractivity contribution in [3.05, 3.63) is 36.2 Å². The zero-order chi connectivity index (χ0) is 15.5. The molecule has 6 nitrogen and oxygen atoms in total. The maximum absolute atomic E-state index is 4.47. The minimum atomic E-state index is 0.440. The van der Waals surface area contributed by atoms with Crippen LogP contribution in [0.25, 0.3) is 0 Å². The summed E-state index contributed by atoms with van der Waals surface area (Å²) >= 11 is 0. The van der Waals surface area contributed by atoms with Gasteiger partial charge in [-0.1, -0.05) is 0 Å². The summed E-state index contributed by atoms with van der Waals surface area (Å²) < 4.78 is 2.17. The van der Waals surface area contributed by atoms with Crippen LogP contribution < -0.4 is 4.90 Å². The number of hydrogen-bond donors (Lipinski definition) is 0. The highest BCUT2D eigenvalue weighted by atomic mass is 15.3. The van der Waals surface area contributed by atoms with Crippen molar-refractivity contribution in [2.24, 2.45) is 7.05 Å². The van der Waals surface area contributed by atoms with E-state index >= 15 is 0 Å². The molecule has 22 heavy (non-hydrogen) atoms. The van der Waals surface area contributed by atoms with E-state index in [9.17, 15) is 0 Å². The Bertz CT molecular complexity index is 606. The molecule has 0 N–H and O–H groups in total. The molecule has 0 amide bonds. The quantitative estimate of drug-likeness (QED) is 0.859. The van der Waals surface area contributed by atoms with E-state index in [1.165, 1.54) is 18.5 Å². The Labute approximate surface area is 131 Å². The molecule has 3 rings (SSSR count). The van der Waals surface area contributed by atoms with E-state index in [0.29, 0.717) is 5.92 Å². The first-order chi connectivity index (χ1) is 10.6. The Morgan fingerprint density at radius 2 is 2.00 bits per heavy atom. The van der Waals surface area contributed by atoms with E-state index in [1.807, 2.05) is 12.4 Å². The molecule has 2 aromatic heterocycles. The van der Waals surface area contributed by atoms with Crippen molar-refractivity contribution in [2.75, 3.05) is 32.1 Å². The Morgan fingerprint density at radius 1 is 1.23 bits per heavy atom. The summed E-state index contributed by atoms with van der Waals surface area (Å²) in [5.74, 6) is 2.58. The molecule has 0 spiro atoms. The lowest BCUT2D eigenvalue weighted by Gasteiger charge is -2.33. The molecule has 3 heterocycles. The van der Waals surface area contributed by atoms with Crippen molar-refractivity contribution in [1.29, 1.82) is 0 Å². The van der Waals surface area contributed by atoms with E-state index in [-0.39, 0.29) is 0 Å². The first-order valence-electron chi connectivity index (χ1n) is 7.83.